The van der Waals surface area contributed by atoms with Crippen LogP contribution in [0.2, 0.25) is 0 Å². The van der Waals surface area contributed by atoms with Crippen LogP contribution in [-0.4, -0.2) is 22.6 Å². The summed E-state index contributed by atoms with van der Waals surface area (Å²) in [5.41, 5.74) is 0.817. The third-order valence-electron chi connectivity index (χ3n) is 3.06. The summed E-state index contributed by atoms with van der Waals surface area (Å²) in [6, 6.07) is 14.6. The third-order valence-corrected chi connectivity index (χ3v) is 4.84. The Hall–Kier alpha value is -2.52. The molecular formula is C15H14N2O3S. The van der Waals surface area contributed by atoms with Crippen molar-refractivity contribution in [2.75, 3.05) is 18.5 Å². The molecule has 0 unspecified atom stereocenters. The Kier molecular flexibility index (Phi) is 4.15. The lowest BCUT2D eigenvalue weighted by atomic mass is 10.2. The van der Waals surface area contributed by atoms with Crippen molar-refractivity contribution in [2.45, 2.75) is 4.90 Å². The van der Waals surface area contributed by atoms with Gasteiger partial charge in [0.25, 0.3) is 10.0 Å². The van der Waals surface area contributed by atoms with Gasteiger partial charge in [0, 0.05) is 7.05 Å². The van der Waals surface area contributed by atoms with Crippen LogP contribution in [0.25, 0.3) is 0 Å². The zero-order chi connectivity index (χ0) is 15.5. The van der Waals surface area contributed by atoms with E-state index in [1.807, 2.05) is 6.07 Å². The fourth-order valence-corrected chi connectivity index (χ4v) is 3.06. The molecule has 5 nitrogen and oxygen atoms in total. The number of nitriles is 1. The summed E-state index contributed by atoms with van der Waals surface area (Å²) in [6.07, 6.45) is 0. The van der Waals surface area contributed by atoms with Crippen LogP contribution in [0.3, 0.4) is 0 Å². The monoisotopic (exact) mass is 302 g/mol. The summed E-state index contributed by atoms with van der Waals surface area (Å²) in [7, 11) is -0.690. The molecular weight excluding hydrogens is 288 g/mol. The number of sulfonamides is 1. The first-order chi connectivity index (χ1) is 9.98. The molecule has 0 fully saturated rings. The van der Waals surface area contributed by atoms with E-state index in [-0.39, 0.29) is 4.90 Å². The van der Waals surface area contributed by atoms with Crippen LogP contribution < -0.4 is 9.04 Å². The topological polar surface area (TPSA) is 70.4 Å². The van der Waals surface area contributed by atoms with E-state index in [2.05, 4.69) is 0 Å². The molecule has 0 aliphatic rings. The van der Waals surface area contributed by atoms with Gasteiger partial charge in [-0.2, -0.15) is 5.26 Å². The van der Waals surface area contributed by atoms with E-state index in [0.717, 1.165) is 0 Å². The Morgan fingerprint density at radius 3 is 2.38 bits per heavy atom. The van der Waals surface area contributed by atoms with Gasteiger partial charge in [-0.25, -0.2) is 8.42 Å². The minimum atomic E-state index is -3.70. The number of benzene rings is 2. The molecule has 2 aromatic rings. The first-order valence-corrected chi connectivity index (χ1v) is 7.56. The van der Waals surface area contributed by atoms with Crippen molar-refractivity contribution < 1.29 is 13.2 Å². The SMILES string of the molecule is COc1ccc(N(C)S(=O)(=O)c2cccc(C#N)c2)cc1. The van der Waals surface area contributed by atoms with Crippen molar-refractivity contribution in [1.29, 1.82) is 5.26 Å². The minimum absolute atomic E-state index is 0.0832. The van der Waals surface area contributed by atoms with Gasteiger partial charge >= 0.3 is 0 Å². The van der Waals surface area contributed by atoms with Crippen LogP contribution in [-0.2, 0) is 10.0 Å². The molecule has 0 amide bonds. The van der Waals surface area contributed by atoms with Crippen molar-refractivity contribution in [2.24, 2.45) is 0 Å². The molecule has 0 aliphatic heterocycles. The fourth-order valence-electron chi connectivity index (χ4n) is 1.82. The van der Waals surface area contributed by atoms with Gasteiger partial charge in [-0.3, -0.25) is 4.31 Å². The molecule has 21 heavy (non-hydrogen) atoms. The van der Waals surface area contributed by atoms with Crippen molar-refractivity contribution in [3.8, 4) is 11.8 Å². The number of nitrogens with zero attached hydrogens (tertiary/aromatic N) is 2. The van der Waals surface area contributed by atoms with Crippen molar-refractivity contribution in [3.05, 3.63) is 54.1 Å². The van der Waals surface area contributed by atoms with Gasteiger partial charge in [0.1, 0.15) is 5.75 Å². The third kappa shape index (κ3) is 2.98. The summed E-state index contributed by atoms with van der Waals surface area (Å²) in [6.45, 7) is 0. The highest BCUT2D eigenvalue weighted by molar-refractivity contribution is 7.92. The van der Waals surface area contributed by atoms with E-state index < -0.39 is 10.0 Å². The standard InChI is InChI=1S/C15H14N2O3S/c1-17(13-6-8-14(20-2)9-7-13)21(18,19)15-5-3-4-12(10-15)11-16/h3-10H,1-2H3. The largest absolute Gasteiger partial charge is 0.497 e. The molecule has 0 saturated carbocycles. The zero-order valence-electron chi connectivity index (χ0n) is 11.6. The van der Waals surface area contributed by atoms with Crippen molar-refractivity contribution in [3.63, 3.8) is 0 Å². The highest BCUT2D eigenvalue weighted by Gasteiger charge is 2.21. The lowest BCUT2D eigenvalue weighted by Crippen LogP contribution is -2.26. The van der Waals surface area contributed by atoms with Crippen molar-refractivity contribution >= 4 is 15.7 Å². The molecule has 0 bridgehead atoms. The molecule has 0 radical (unpaired) electrons. The number of anilines is 1. The minimum Gasteiger partial charge on any atom is -0.497 e. The van der Waals surface area contributed by atoms with Gasteiger partial charge in [0.2, 0.25) is 0 Å². The summed E-state index contributed by atoms with van der Waals surface area (Å²) in [4.78, 5) is 0.0832. The van der Waals surface area contributed by atoms with E-state index in [1.54, 1.807) is 43.5 Å². The smallest absolute Gasteiger partial charge is 0.264 e. The maximum absolute atomic E-state index is 12.5. The van der Waals surface area contributed by atoms with E-state index in [0.29, 0.717) is 17.0 Å². The van der Waals surface area contributed by atoms with E-state index >= 15 is 0 Å². The molecule has 2 aromatic carbocycles. The number of methoxy groups -OCH3 is 1. The summed E-state index contributed by atoms with van der Waals surface area (Å²) in [5.74, 6) is 0.649. The Balaban J connectivity index is 2.39. The lowest BCUT2D eigenvalue weighted by molar-refractivity contribution is 0.415. The fraction of sp³-hybridized carbons (Fsp3) is 0.133. The molecule has 0 saturated heterocycles. The molecule has 0 aliphatic carbocycles. The maximum atomic E-state index is 12.5. The average Bonchev–Trinajstić information content (AvgIpc) is 2.54. The normalized spacial score (nSPS) is 10.7. The van der Waals surface area contributed by atoms with Crippen LogP contribution >= 0.6 is 0 Å². The van der Waals surface area contributed by atoms with Crippen molar-refractivity contribution in [1.82, 2.24) is 0 Å². The quantitative estimate of drug-likeness (QED) is 0.869. The molecule has 0 atom stereocenters. The Morgan fingerprint density at radius 1 is 1.14 bits per heavy atom. The predicted octanol–water partition coefficient (Wildman–Crippen LogP) is 2.39. The first kappa shape index (κ1) is 14.9. The van der Waals surface area contributed by atoms with Crippen LogP contribution in [0.1, 0.15) is 5.56 Å². The van der Waals surface area contributed by atoms with Gasteiger partial charge in [0.15, 0.2) is 0 Å². The second-order valence-corrected chi connectivity index (χ2v) is 6.28. The van der Waals surface area contributed by atoms with Gasteiger partial charge in [0.05, 0.1) is 29.3 Å². The molecule has 0 N–H and O–H groups in total. The zero-order valence-corrected chi connectivity index (χ0v) is 12.5. The average molecular weight is 302 g/mol. The molecule has 6 heteroatoms. The lowest BCUT2D eigenvalue weighted by Gasteiger charge is -2.19. The van der Waals surface area contributed by atoms with E-state index in [1.165, 1.54) is 23.5 Å². The molecule has 0 aromatic heterocycles. The number of rotatable bonds is 4. The van der Waals surface area contributed by atoms with Crippen LogP contribution in [0.5, 0.6) is 5.75 Å². The molecule has 0 heterocycles. The van der Waals surface area contributed by atoms with E-state index in [4.69, 9.17) is 10.00 Å². The summed E-state index contributed by atoms with van der Waals surface area (Å²) >= 11 is 0. The molecule has 2 rings (SSSR count). The predicted molar refractivity (Wildman–Crippen MR) is 79.7 cm³/mol. The number of hydrogen-bond donors (Lipinski definition) is 0. The van der Waals surface area contributed by atoms with Gasteiger partial charge in [-0.1, -0.05) is 6.07 Å². The van der Waals surface area contributed by atoms with Crippen LogP contribution in [0, 0.1) is 11.3 Å². The molecule has 0 spiro atoms. The van der Waals surface area contributed by atoms with Crippen LogP contribution in [0.4, 0.5) is 5.69 Å². The number of ether oxygens (including phenoxy) is 1. The first-order valence-electron chi connectivity index (χ1n) is 6.12. The van der Waals surface area contributed by atoms with Gasteiger partial charge < -0.3 is 4.74 Å². The van der Waals surface area contributed by atoms with Crippen LogP contribution in [0.15, 0.2) is 53.4 Å². The highest BCUT2D eigenvalue weighted by Crippen LogP contribution is 2.24. The van der Waals surface area contributed by atoms with Gasteiger partial charge in [-0.05, 0) is 42.5 Å². The maximum Gasteiger partial charge on any atom is 0.264 e. The van der Waals surface area contributed by atoms with E-state index in [9.17, 15) is 8.42 Å². The summed E-state index contributed by atoms with van der Waals surface area (Å²) in [5, 5.41) is 8.87. The second-order valence-electron chi connectivity index (χ2n) is 4.31. The second kappa shape index (κ2) is 5.85. The Morgan fingerprint density at radius 2 is 1.81 bits per heavy atom. The summed E-state index contributed by atoms with van der Waals surface area (Å²) < 4.78 is 31.3. The highest BCUT2D eigenvalue weighted by atomic mass is 32.2. The number of hydrogen-bond acceptors (Lipinski definition) is 4. The Bertz CT molecular complexity index is 777. The molecule has 108 valence electrons. The van der Waals surface area contributed by atoms with Gasteiger partial charge in [-0.15, -0.1) is 0 Å². The Labute approximate surface area is 124 Å².